The fraction of sp³-hybridized carbons (Fsp3) is 0.294. The van der Waals surface area contributed by atoms with Gasteiger partial charge in [0.05, 0.1) is 11.2 Å². The molecule has 0 radical (unpaired) electrons. The molecular formula is C17H20N4. The Balaban J connectivity index is 1.97. The Morgan fingerprint density at radius 2 is 2.05 bits per heavy atom. The van der Waals surface area contributed by atoms with E-state index in [1.54, 1.807) is 6.20 Å². The fourth-order valence-electron chi connectivity index (χ4n) is 2.75. The third-order valence-corrected chi connectivity index (χ3v) is 3.87. The number of hydrogen-bond acceptors (Lipinski definition) is 3. The van der Waals surface area contributed by atoms with Crippen LogP contribution < -0.4 is 5.32 Å². The summed E-state index contributed by atoms with van der Waals surface area (Å²) < 4.78 is 2.07. The molecule has 4 heteroatoms. The second kappa shape index (κ2) is 6.06. The topological polar surface area (TPSA) is 42.7 Å². The summed E-state index contributed by atoms with van der Waals surface area (Å²) in [5, 5.41) is 9.39. The Morgan fingerprint density at radius 1 is 1.19 bits per heavy atom. The van der Waals surface area contributed by atoms with Crippen molar-refractivity contribution in [3.05, 3.63) is 60.0 Å². The molecule has 2 aromatic heterocycles. The number of likely N-dealkylation sites (N-methyl/N-ethyl adjacent to an activating group) is 1. The SMILES string of the molecule is CCn1nc(CC(NC)c2cccnc2)c2ccccc21. The van der Waals surface area contributed by atoms with Crippen molar-refractivity contribution in [3.8, 4) is 0 Å². The van der Waals surface area contributed by atoms with Gasteiger partial charge >= 0.3 is 0 Å². The summed E-state index contributed by atoms with van der Waals surface area (Å²) in [6, 6.07) is 12.7. The first-order chi connectivity index (χ1) is 10.3. The lowest BCUT2D eigenvalue weighted by molar-refractivity contribution is 0.571. The van der Waals surface area contributed by atoms with E-state index in [0.29, 0.717) is 0 Å². The molecule has 0 spiro atoms. The summed E-state index contributed by atoms with van der Waals surface area (Å²) in [4.78, 5) is 4.21. The quantitative estimate of drug-likeness (QED) is 0.781. The molecule has 21 heavy (non-hydrogen) atoms. The number of aryl methyl sites for hydroxylation is 1. The zero-order chi connectivity index (χ0) is 14.7. The van der Waals surface area contributed by atoms with Crippen LogP contribution in [0, 0.1) is 0 Å². The minimum atomic E-state index is 0.224. The van der Waals surface area contributed by atoms with Crippen molar-refractivity contribution in [3.63, 3.8) is 0 Å². The monoisotopic (exact) mass is 280 g/mol. The third kappa shape index (κ3) is 2.67. The van der Waals surface area contributed by atoms with E-state index in [-0.39, 0.29) is 6.04 Å². The summed E-state index contributed by atoms with van der Waals surface area (Å²) >= 11 is 0. The van der Waals surface area contributed by atoms with Crippen LogP contribution in [-0.4, -0.2) is 21.8 Å². The van der Waals surface area contributed by atoms with E-state index in [1.807, 2.05) is 19.3 Å². The zero-order valence-electron chi connectivity index (χ0n) is 12.5. The number of nitrogens with zero attached hydrogens (tertiary/aromatic N) is 3. The zero-order valence-corrected chi connectivity index (χ0v) is 12.5. The van der Waals surface area contributed by atoms with Crippen LogP contribution in [0.1, 0.15) is 24.2 Å². The number of rotatable bonds is 5. The Labute approximate surface area is 124 Å². The maximum absolute atomic E-state index is 4.78. The summed E-state index contributed by atoms with van der Waals surface area (Å²) in [6.07, 6.45) is 4.58. The lowest BCUT2D eigenvalue weighted by atomic mass is 10.0. The highest BCUT2D eigenvalue weighted by molar-refractivity contribution is 5.82. The maximum atomic E-state index is 4.78. The average molecular weight is 280 g/mol. The van der Waals surface area contributed by atoms with Crippen molar-refractivity contribution < 1.29 is 0 Å². The fourth-order valence-corrected chi connectivity index (χ4v) is 2.75. The van der Waals surface area contributed by atoms with E-state index in [0.717, 1.165) is 18.7 Å². The molecule has 0 aliphatic heterocycles. The number of aromatic nitrogens is 3. The molecule has 108 valence electrons. The second-order valence-corrected chi connectivity index (χ2v) is 5.11. The summed E-state index contributed by atoms with van der Waals surface area (Å²) in [5.74, 6) is 0. The van der Waals surface area contributed by atoms with Gasteiger partial charge < -0.3 is 5.32 Å². The van der Waals surface area contributed by atoms with Gasteiger partial charge in [0.2, 0.25) is 0 Å². The van der Waals surface area contributed by atoms with Crippen LogP contribution in [0.25, 0.3) is 10.9 Å². The predicted octanol–water partition coefficient (Wildman–Crippen LogP) is 2.95. The van der Waals surface area contributed by atoms with Gasteiger partial charge in [-0.2, -0.15) is 5.10 Å². The first kappa shape index (κ1) is 13.8. The van der Waals surface area contributed by atoms with Crippen LogP contribution in [0.5, 0.6) is 0 Å². The molecule has 0 aliphatic carbocycles. The van der Waals surface area contributed by atoms with E-state index < -0.39 is 0 Å². The lowest BCUT2D eigenvalue weighted by Crippen LogP contribution is -2.19. The molecule has 0 fully saturated rings. The van der Waals surface area contributed by atoms with Crippen LogP contribution in [0.4, 0.5) is 0 Å². The van der Waals surface area contributed by atoms with Gasteiger partial charge in [-0.25, -0.2) is 0 Å². The lowest BCUT2D eigenvalue weighted by Gasteiger charge is -2.15. The first-order valence-corrected chi connectivity index (χ1v) is 7.35. The highest BCUT2D eigenvalue weighted by atomic mass is 15.3. The molecule has 0 saturated heterocycles. The molecule has 1 N–H and O–H groups in total. The Kier molecular flexibility index (Phi) is 3.97. The number of pyridine rings is 1. The largest absolute Gasteiger partial charge is 0.313 e. The number of benzene rings is 1. The summed E-state index contributed by atoms with van der Waals surface area (Å²) in [5.41, 5.74) is 3.53. The molecule has 0 saturated carbocycles. The van der Waals surface area contributed by atoms with Gasteiger partial charge in [0, 0.05) is 36.8 Å². The Morgan fingerprint density at radius 3 is 2.76 bits per heavy atom. The van der Waals surface area contributed by atoms with Gasteiger partial charge in [0.15, 0.2) is 0 Å². The van der Waals surface area contributed by atoms with Crippen molar-refractivity contribution in [1.29, 1.82) is 0 Å². The van der Waals surface area contributed by atoms with E-state index in [4.69, 9.17) is 5.10 Å². The van der Waals surface area contributed by atoms with Gasteiger partial charge in [-0.3, -0.25) is 9.67 Å². The van der Waals surface area contributed by atoms with Crippen LogP contribution in [0.3, 0.4) is 0 Å². The standard InChI is InChI=1S/C17H20N4/c1-3-21-17-9-5-4-8-14(17)16(20-21)11-15(18-2)13-7-6-10-19-12-13/h4-10,12,15,18H,3,11H2,1-2H3. The second-order valence-electron chi connectivity index (χ2n) is 5.11. The van der Waals surface area contributed by atoms with Crippen LogP contribution in [-0.2, 0) is 13.0 Å². The van der Waals surface area contributed by atoms with Crippen molar-refractivity contribution in [2.75, 3.05) is 7.05 Å². The number of nitrogens with one attached hydrogen (secondary N) is 1. The first-order valence-electron chi connectivity index (χ1n) is 7.35. The molecule has 0 amide bonds. The minimum absolute atomic E-state index is 0.224. The van der Waals surface area contributed by atoms with Crippen LogP contribution >= 0.6 is 0 Å². The Hall–Kier alpha value is -2.20. The Bertz CT molecular complexity index is 718. The van der Waals surface area contributed by atoms with Gasteiger partial charge in [-0.1, -0.05) is 24.3 Å². The van der Waals surface area contributed by atoms with E-state index in [2.05, 4.69) is 52.2 Å². The highest BCUT2D eigenvalue weighted by Gasteiger charge is 2.15. The highest BCUT2D eigenvalue weighted by Crippen LogP contribution is 2.23. The summed E-state index contributed by atoms with van der Waals surface area (Å²) in [6.45, 7) is 3.01. The molecule has 4 nitrogen and oxygen atoms in total. The molecule has 3 rings (SSSR count). The van der Waals surface area contributed by atoms with Crippen LogP contribution in [0.2, 0.25) is 0 Å². The number of fused-ring (bicyclic) bond motifs is 1. The van der Waals surface area contributed by atoms with Crippen molar-refractivity contribution >= 4 is 10.9 Å². The van der Waals surface area contributed by atoms with Gasteiger partial charge in [-0.15, -0.1) is 0 Å². The molecular weight excluding hydrogens is 260 g/mol. The number of hydrogen-bond donors (Lipinski definition) is 1. The van der Waals surface area contributed by atoms with E-state index in [1.165, 1.54) is 16.5 Å². The number of para-hydroxylation sites is 1. The van der Waals surface area contributed by atoms with Crippen LogP contribution in [0.15, 0.2) is 48.8 Å². The van der Waals surface area contributed by atoms with Crippen molar-refractivity contribution in [2.45, 2.75) is 25.9 Å². The third-order valence-electron chi connectivity index (χ3n) is 3.87. The smallest absolute Gasteiger partial charge is 0.0722 e. The van der Waals surface area contributed by atoms with E-state index in [9.17, 15) is 0 Å². The molecule has 0 aliphatic rings. The maximum Gasteiger partial charge on any atom is 0.0722 e. The normalized spacial score (nSPS) is 12.7. The van der Waals surface area contributed by atoms with Gasteiger partial charge in [0.25, 0.3) is 0 Å². The molecule has 1 aromatic carbocycles. The molecule has 1 unspecified atom stereocenters. The van der Waals surface area contributed by atoms with Crippen molar-refractivity contribution in [1.82, 2.24) is 20.1 Å². The minimum Gasteiger partial charge on any atom is -0.313 e. The van der Waals surface area contributed by atoms with E-state index >= 15 is 0 Å². The average Bonchev–Trinajstić information content (AvgIpc) is 2.91. The summed E-state index contributed by atoms with van der Waals surface area (Å²) in [7, 11) is 1.98. The molecule has 1 atom stereocenters. The predicted molar refractivity (Wildman–Crippen MR) is 85.1 cm³/mol. The molecule has 3 aromatic rings. The molecule has 2 heterocycles. The van der Waals surface area contributed by atoms with Gasteiger partial charge in [0.1, 0.15) is 0 Å². The molecule has 0 bridgehead atoms. The van der Waals surface area contributed by atoms with Crippen molar-refractivity contribution in [2.24, 2.45) is 0 Å². The van der Waals surface area contributed by atoms with Gasteiger partial charge in [-0.05, 0) is 31.7 Å².